The number of rotatable bonds is 7. The molecule has 10 heteroatoms. The standard InChI is InChI=1S/C23H22ClN3O4S2/c1-2-32(28,29)26-20-10-6-9-18(15-20)22-16-23(17-7-4-3-5-8-17)27(25-22)33(30,31)21-13-11-19(24)12-14-21/h3-15,23,26H,2,16H2,1H3. The lowest BCUT2D eigenvalue weighted by Crippen LogP contribution is -2.27. The molecule has 0 aliphatic carbocycles. The minimum absolute atomic E-state index is 0.0542. The van der Waals surface area contributed by atoms with Crippen molar-refractivity contribution in [3.63, 3.8) is 0 Å². The van der Waals surface area contributed by atoms with E-state index >= 15 is 0 Å². The van der Waals surface area contributed by atoms with Gasteiger partial charge in [-0.1, -0.05) is 54.1 Å². The van der Waals surface area contributed by atoms with Crippen LogP contribution in [0.25, 0.3) is 0 Å². The smallest absolute Gasteiger partial charge is 0.279 e. The first-order valence-corrected chi connectivity index (χ1v) is 13.7. The molecule has 0 saturated carbocycles. The monoisotopic (exact) mass is 503 g/mol. The van der Waals surface area contributed by atoms with Gasteiger partial charge in [0.15, 0.2) is 0 Å². The summed E-state index contributed by atoms with van der Waals surface area (Å²) < 4.78 is 54.5. The maximum Gasteiger partial charge on any atom is 0.279 e. The molecule has 172 valence electrons. The van der Waals surface area contributed by atoms with E-state index in [1.807, 2.05) is 30.3 Å². The van der Waals surface area contributed by atoms with Crippen LogP contribution in [0, 0.1) is 0 Å². The summed E-state index contributed by atoms with van der Waals surface area (Å²) >= 11 is 5.94. The number of nitrogens with one attached hydrogen (secondary N) is 1. The Morgan fingerprint density at radius 1 is 0.970 bits per heavy atom. The number of anilines is 1. The van der Waals surface area contributed by atoms with Crippen LogP contribution in [-0.2, 0) is 20.0 Å². The maximum atomic E-state index is 13.5. The lowest BCUT2D eigenvalue weighted by atomic mass is 9.99. The molecule has 1 N–H and O–H groups in total. The third-order valence-corrected chi connectivity index (χ3v) is 8.52. The van der Waals surface area contributed by atoms with E-state index in [4.69, 9.17) is 11.6 Å². The molecule has 0 fully saturated rings. The third kappa shape index (κ3) is 5.05. The summed E-state index contributed by atoms with van der Waals surface area (Å²) in [4.78, 5) is 0.0855. The van der Waals surface area contributed by atoms with Gasteiger partial charge in [-0.2, -0.15) is 17.9 Å². The molecule has 1 aliphatic heterocycles. The predicted molar refractivity (Wildman–Crippen MR) is 130 cm³/mol. The highest BCUT2D eigenvalue weighted by Gasteiger charge is 2.37. The molecule has 0 aromatic heterocycles. The Morgan fingerprint density at radius 2 is 1.67 bits per heavy atom. The topological polar surface area (TPSA) is 95.9 Å². The molecule has 4 rings (SSSR count). The minimum atomic E-state index is -3.96. The summed E-state index contributed by atoms with van der Waals surface area (Å²) in [5.74, 6) is -0.0542. The zero-order valence-electron chi connectivity index (χ0n) is 17.7. The molecule has 1 unspecified atom stereocenters. The highest BCUT2D eigenvalue weighted by atomic mass is 35.5. The molecule has 3 aromatic rings. The van der Waals surface area contributed by atoms with Crippen LogP contribution in [0.5, 0.6) is 0 Å². The van der Waals surface area contributed by atoms with Crippen LogP contribution in [0.15, 0.2) is 88.9 Å². The van der Waals surface area contributed by atoms with E-state index in [1.54, 1.807) is 31.2 Å². The number of hydrogen-bond acceptors (Lipinski definition) is 5. The highest BCUT2D eigenvalue weighted by Crippen LogP contribution is 2.37. The lowest BCUT2D eigenvalue weighted by Gasteiger charge is -2.23. The van der Waals surface area contributed by atoms with Crippen molar-refractivity contribution >= 4 is 43.0 Å². The van der Waals surface area contributed by atoms with Gasteiger partial charge in [0.2, 0.25) is 10.0 Å². The highest BCUT2D eigenvalue weighted by molar-refractivity contribution is 7.92. The van der Waals surface area contributed by atoms with Crippen LogP contribution < -0.4 is 4.72 Å². The Kier molecular flexibility index (Phi) is 6.47. The zero-order chi connectivity index (χ0) is 23.6. The van der Waals surface area contributed by atoms with E-state index in [0.29, 0.717) is 28.4 Å². The average molecular weight is 504 g/mol. The fraction of sp³-hybridized carbons (Fsp3) is 0.174. The zero-order valence-corrected chi connectivity index (χ0v) is 20.1. The van der Waals surface area contributed by atoms with Gasteiger partial charge in [0.05, 0.1) is 22.4 Å². The molecular weight excluding hydrogens is 482 g/mol. The second-order valence-electron chi connectivity index (χ2n) is 7.50. The fourth-order valence-electron chi connectivity index (χ4n) is 3.54. The molecule has 33 heavy (non-hydrogen) atoms. The molecule has 1 aliphatic rings. The van der Waals surface area contributed by atoms with E-state index in [-0.39, 0.29) is 10.6 Å². The van der Waals surface area contributed by atoms with Crippen molar-refractivity contribution in [1.82, 2.24) is 4.41 Å². The molecule has 0 spiro atoms. The van der Waals surface area contributed by atoms with E-state index in [0.717, 1.165) is 9.98 Å². The number of benzene rings is 3. The number of nitrogens with zero attached hydrogens (tertiary/aromatic N) is 2. The molecule has 0 amide bonds. The van der Waals surface area contributed by atoms with E-state index in [2.05, 4.69) is 9.82 Å². The summed E-state index contributed by atoms with van der Waals surface area (Å²) in [6.07, 6.45) is 0.334. The number of hydrazone groups is 1. The molecule has 3 aromatic carbocycles. The molecule has 0 radical (unpaired) electrons. The predicted octanol–water partition coefficient (Wildman–Crippen LogP) is 4.64. The molecule has 7 nitrogen and oxygen atoms in total. The second-order valence-corrected chi connectivity index (χ2v) is 11.7. The summed E-state index contributed by atoms with van der Waals surface area (Å²) in [6.45, 7) is 1.55. The maximum absolute atomic E-state index is 13.5. The second kappa shape index (κ2) is 9.17. The Hall–Kier alpha value is -2.88. The van der Waals surface area contributed by atoms with Gasteiger partial charge >= 0.3 is 0 Å². The lowest BCUT2D eigenvalue weighted by molar-refractivity contribution is 0.371. The summed E-state index contributed by atoms with van der Waals surface area (Å²) in [6, 6.07) is 21.5. The van der Waals surface area contributed by atoms with Crippen molar-refractivity contribution in [3.8, 4) is 0 Å². The molecular formula is C23H22ClN3O4S2. The van der Waals surface area contributed by atoms with Gasteiger partial charge in [-0.05, 0) is 54.4 Å². The normalized spacial score (nSPS) is 16.5. The number of halogens is 1. The summed E-state index contributed by atoms with van der Waals surface area (Å²) in [7, 11) is -7.41. The molecule has 0 saturated heterocycles. The third-order valence-electron chi connectivity index (χ3n) is 5.26. The summed E-state index contributed by atoms with van der Waals surface area (Å²) in [5, 5.41) is 4.93. The molecule has 1 heterocycles. The van der Waals surface area contributed by atoms with Crippen molar-refractivity contribution in [1.29, 1.82) is 0 Å². The van der Waals surface area contributed by atoms with E-state index in [1.165, 1.54) is 24.3 Å². The Balaban J connectivity index is 1.75. The SMILES string of the molecule is CCS(=O)(=O)Nc1cccc(C2=NN(S(=O)(=O)c3ccc(Cl)cc3)C(c3ccccc3)C2)c1. The quantitative estimate of drug-likeness (QED) is 0.508. The fourth-order valence-corrected chi connectivity index (χ4v) is 5.73. The first-order valence-electron chi connectivity index (χ1n) is 10.2. The van der Waals surface area contributed by atoms with Gasteiger partial charge in [0.25, 0.3) is 10.0 Å². The molecule has 1 atom stereocenters. The van der Waals surface area contributed by atoms with Crippen LogP contribution in [0.3, 0.4) is 0 Å². The number of hydrogen-bond donors (Lipinski definition) is 1. The van der Waals surface area contributed by atoms with Crippen molar-refractivity contribution in [2.45, 2.75) is 24.3 Å². The van der Waals surface area contributed by atoms with E-state index in [9.17, 15) is 16.8 Å². The van der Waals surface area contributed by atoms with Gasteiger partial charge in [-0.3, -0.25) is 4.72 Å². The van der Waals surface area contributed by atoms with Crippen LogP contribution in [-0.4, -0.2) is 32.7 Å². The van der Waals surface area contributed by atoms with Crippen LogP contribution in [0.1, 0.15) is 30.5 Å². The van der Waals surface area contributed by atoms with Crippen molar-refractivity contribution in [2.24, 2.45) is 5.10 Å². The van der Waals surface area contributed by atoms with Crippen molar-refractivity contribution in [3.05, 3.63) is 95.0 Å². The van der Waals surface area contributed by atoms with Crippen molar-refractivity contribution < 1.29 is 16.8 Å². The average Bonchev–Trinajstić information content (AvgIpc) is 3.26. The minimum Gasteiger partial charge on any atom is -0.284 e. The number of sulfonamides is 2. The first kappa shape index (κ1) is 23.3. The van der Waals surface area contributed by atoms with Gasteiger partial charge < -0.3 is 0 Å². The van der Waals surface area contributed by atoms with Crippen LogP contribution in [0.2, 0.25) is 5.02 Å². The summed E-state index contributed by atoms with van der Waals surface area (Å²) in [5.41, 5.74) is 2.38. The Labute approximate surface area is 198 Å². The van der Waals surface area contributed by atoms with Crippen molar-refractivity contribution in [2.75, 3.05) is 10.5 Å². The first-order chi connectivity index (χ1) is 15.7. The van der Waals surface area contributed by atoms with Gasteiger partial charge in [0.1, 0.15) is 0 Å². The van der Waals surface area contributed by atoms with E-state index < -0.39 is 26.1 Å². The Bertz CT molecular complexity index is 1390. The van der Waals surface area contributed by atoms with Gasteiger partial charge in [0, 0.05) is 17.1 Å². The van der Waals surface area contributed by atoms with Crippen LogP contribution in [0.4, 0.5) is 5.69 Å². The van der Waals surface area contributed by atoms with Gasteiger partial charge in [-0.15, -0.1) is 0 Å². The van der Waals surface area contributed by atoms with Gasteiger partial charge in [-0.25, -0.2) is 8.42 Å². The largest absolute Gasteiger partial charge is 0.284 e. The van der Waals surface area contributed by atoms with Crippen LogP contribution >= 0.6 is 11.6 Å². The molecule has 0 bridgehead atoms. The Morgan fingerprint density at radius 3 is 2.33 bits per heavy atom.